The average Bonchev–Trinajstić information content (AvgIpc) is 3.45. The van der Waals surface area contributed by atoms with Crippen molar-refractivity contribution in [3.05, 3.63) is 96.1 Å². The molecule has 2 aliphatic heterocycles. The molecule has 174 valence electrons. The summed E-state index contributed by atoms with van der Waals surface area (Å²) in [5, 5.41) is 18.5. The van der Waals surface area contributed by atoms with E-state index in [-0.39, 0.29) is 5.54 Å². The summed E-state index contributed by atoms with van der Waals surface area (Å²) < 4.78 is 8.03. The molecule has 1 aromatic heterocycles. The highest BCUT2D eigenvalue weighted by molar-refractivity contribution is 5.75. The molecule has 0 amide bonds. The van der Waals surface area contributed by atoms with Crippen molar-refractivity contribution in [3.8, 4) is 28.8 Å². The zero-order chi connectivity index (χ0) is 23.7. The summed E-state index contributed by atoms with van der Waals surface area (Å²) in [6.07, 6.45) is 2.02. The number of nitrogens with zero attached hydrogens (tertiary/aromatic N) is 4. The Morgan fingerprint density at radius 3 is 2.23 bits per heavy atom. The van der Waals surface area contributed by atoms with Crippen molar-refractivity contribution in [2.75, 3.05) is 25.0 Å². The number of likely N-dealkylation sites (tertiary alicyclic amines) is 1. The summed E-state index contributed by atoms with van der Waals surface area (Å²) >= 11 is 0. The monoisotopic (exact) mass is 461 g/mol. The second-order valence-corrected chi connectivity index (χ2v) is 9.37. The van der Waals surface area contributed by atoms with Crippen molar-refractivity contribution in [3.63, 3.8) is 0 Å². The number of hydrogen-bond acceptors (Lipinski definition) is 5. The number of aromatic nitrogens is 2. The van der Waals surface area contributed by atoms with Gasteiger partial charge in [-0.2, -0.15) is 10.4 Å². The number of ether oxygens (including phenoxy) is 1. The Morgan fingerprint density at radius 1 is 0.886 bits per heavy atom. The summed E-state index contributed by atoms with van der Waals surface area (Å²) in [5.74, 6) is 2.40. The first-order valence-electron chi connectivity index (χ1n) is 12.1. The van der Waals surface area contributed by atoms with Crippen LogP contribution in [0.15, 0.2) is 84.9 Å². The van der Waals surface area contributed by atoms with Gasteiger partial charge in [0.15, 0.2) is 0 Å². The maximum absolute atomic E-state index is 10.00. The van der Waals surface area contributed by atoms with Gasteiger partial charge >= 0.3 is 0 Å². The van der Waals surface area contributed by atoms with Crippen LogP contribution in [0, 0.1) is 11.3 Å². The van der Waals surface area contributed by atoms with E-state index in [0.717, 1.165) is 67.6 Å². The third-order valence-corrected chi connectivity index (χ3v) is 7.17. The molecule has 0 atom stereocenters. The molecule has 3 aromatic carbocycles. The molecule has 1 fully saturated rings. The highest BCUT2D eigenvalue weighted by Crippen LogP contribution is 2.42. The van der Waals surface area contributed by atoms with Crippen molar-refractivity contribution in [1.29, 1.82) is 5.26 Å². The molecule has 6 heteroatoms. The van der Waals surface area contributed by atoms with E-state index in [1.54, 1.807) is 0 Å². The van der Waals surface area contributed by atoms with E-state index in [9.17, 15) is 5.26 Å². The van der Waals surface area contributed by atoms with Crippen molar-refractivity contribution in [2.24, 2.45) is 0 Å². The van der Waals surface area contributed by atoms with Crippen molar-refractivity contribution in [2.45, 2.75) is 24.9 Å². The Bertz CT molecular complexity index is 1350. The molecule has 0 unspecified atom stereocenters. The molecule has 0 bridgehead atoms. The minimum absolute atomic E-state index is 0.0806. The Morgan fingerprint density at radius 2 is 1.54 bits per heavy atom. The molecule has 0 aliphatic carbocycles. The van der Waals surface area contributed by atoms with Crippen LogP contribution < -0.4 is 10.1 Å². The molecule has 6 nitrogen and oxygen atoms in total. The largest absolute Gasteiger partial charge is 0.457 e. The second-order valence-electron chi connectivity index (χ2n) is 9.37. The van der Waals surface area contributed by atoms with Crippen LogP contribution in [-0.2, 0) is 12.1 Å². The van der Waals surface area contributed by atoms with Crippen molar-refractivity contribution in [1.82, 2.24) is 14.7 Å². The van der Waals surface area contributed by atoms with Gasteiger partial charge in [-0.15, -0.1) is 0 Å². The van der Waals surface area contributed by atoms with Crippen LogP contribution in [0.25, 0.3) is 11.3 Å². The van der Waals surface area contributed by atoms with Crippen LogP contribution in [-0.4, -0.2) is 34.3 Å². The number of nitrogens with one attached hydrogen (secondary N) is 1. The highest BCUT2D eigenvalue weighted by Gasteiger charge is 2.44. The quantitative estimate of drug-likeness (QED) is 0.417. The van der Waals surface area contributed by atoms with E-state index in [2.05, 4.69) is 51.3 Å². The van der Waals surface area contributed by atoms with E-state index < -0.39 is 0 Å². The third kappa shape index (κ3) is 4.05. The lowest BCUT2D eigenvalue weighted by atomic mass is 9.88. The lowest BCUT2D eigenvalue weighted by molar-refractivity contribution is 0.114. The molecule has 0 saturated carbocycles. The summed E-state index contributed by atoms with van der Waals surface area (Å²) in [6, 6.07) is 30.6. The normalized spacial score (nSPS) is 16.4. The molecule has 2 aliphatic rings. The number of piperidine rings is 1. The number of nitriles is 1. The molecular weight excluding hydrogens is 434 g/mol. The maximum atomic E-state index is 10.00. The minimum atomic E-state index is -0.0806. The molecule has 6 rings (SSSR count). The van der Waals surface area contributed by atoms with E-state index in [0.29, 0.717) is 5.56 Å². The molecule has 1 N–H and O–H groups in total. The van der Waals surface area contributed by atoms with Crippen LogP contribution in [0.1, 0.15) is 24.0 Å². The standard InChI is InChI=1S/C29H27N5O/c30-19-26-27(23-11-13-25(14-12-23)35-24-9-5-2-6-10-24)32-34-28(26)31-21-29(34)15-17-33(18-16-29)20-22-7-3-1-4-8-22/h1-14,31H,15-18,20-21H2. The lowest BCUT2D eigenvalue weighted by Gasteiger charge is -2.39. The van der Waals surface area contributed by atoms with Crippen LogP contribution in [0.2, 0.25) is 0 Å². The first kappa shape index (κ1) is 21.5. The predicted octanol–water partition coefficient (Wildman–Crippen LogP) is 5.63. The Kier molecular flexibility index (Phi) is 5.48. The number of rotatable bonds is 5. The average molecular weight is 462 g/mol. The Labute approximate surface area is 205 Å². The molecular formula is C29H27N5O. The van der Waals surface area contributed by atoms with E-state index in [1.807, 2.05) is 54.6 Å². The zero-order valence-electron chi connectivity index (χ0n) is 19.5. The fraction of sp³-hybridized carbons (Fsp3) is 0.241. The predicted molar refractivity (Wildman–Crippen MR) is 136 cm³/mol. The van der Waals surface area contributed by atoms with Gasteiger partial charge in [-0.05, 0) is 54.8 Å². The first-order valence-corrected chi connectivity index (χ1v) is 12.1. The molecule has 1 saturated heterocycles. The van der Waals surface area contributed by atoms with Crippen molar-refractivity contribution >= 4 is 5.82 Å². The van der Waals surface area contributed by atoms with Gasteiger partial charge in [-0.25, -0.2) is 4.68 Å². The van der Waals surface area contributed by atoms with Crippen LogP contribution in [0.4, 0.5) is 5.82 Å². The van der Waals surface area contributed by atoms with Crippen LogP contribution in [0.5, 0.6) is 11.5 Å². The highest BCUT2D eigenvalue weighted by atomic mass is 16.5. The number of anilines is 1. The smallest absolute Gasteiger partial charge is 0.143 e. The zero-order valence-corrected chi connectivity index (χ0v) is 19.5. The van der Waals surface area contributed by atoms with Gasteiger partial charge in [0.25, 0.3) is 0 Å². The van der Waals surface area contributed by atoms with Crippen molar-refractivity contribution < 1.29 is 4.74 Å². The summed E-state index contributed by atoms with van der Waals surface area (Å²) in [7, 11) is 0. The first-order chi connectivity index (χ1) is 17.2. The fourth-order valence-electron chi connectivity index (χ4n) is 5.22. The molecule has 4 aromatic rings. The summed E-state index contributed by atoms with van der Waals surface area (Å²) in [6.45, 7) is 3.83. The lowest BCUT2D eigenvalue weighted by Crippen LogP contribution is -2.46. The van der Waals surface area contributed by atoms with Gasteiger partial charge in [0.1, 0.15) is 34.6 Å². The third-order valence-electron chi connectivity index (χ3n) is 7.17. The van der Waals surface area contributed by atoms with Gasteiger partial charge in [-0.3, -0.25) is 4.90 Å². The van der Waals surface area contributed by atoms with Crippen LogP contribution in [0.3, 0.4) is 0 Å². The van der Waals surface area contributed by atoms with Gasteiger partial charge in [0.2, 0.25) is 0 Å². The summed E-state index contributed by atoms with van der Waals surface area (Å²) in [4.78, 5) is 2.51. The van der Waals surface area contributed by atoms with Gasteiger partial charge in [0, 0.05) is 31.7 Å². The number of hydrogen-bond donors (Lipinski definition) is 1. The maximum Gasteiger partial charge on any atom is 0.143 e. The van der Waals surface area contributed by atoms with Crippen LogP contribution >= 0.6 is 0 Å². The van der Waals surface area contributed by atoms with Gasteiger partial charge in [-0.1, -0.05) is 48.5 Å². The second kappa shape index (κ2) is 8.94. The topological polar surface area (TPSA) is 66.1 Å². The molecule has 1 spiro atoms. The Balaban J connectivity index is 1.21. The van der Waals surface area contributed by atoms with E-state index >= 15 is 0 Å². The van der Waals surface area contributed by atoms with Gasteiger partial charge < -0.3 is 10.1 Å². The Hall–Kier alpha value is -4.08. The number of para-hydroxylation sites is 1. The number of fused-ring (bicyclic) bond motifs is 2. The molecule has 35 heavy (non-hydrogen) atoms. The molecule has 0 radical (unpaired) electrons. The van der Waals surface area contributed by atoms with Gasteiger partial charge in [0.05, 0.1) is 5.54 Å². The van der Waals surface area contributed by atoms with E-state index in [4.69, 9.17) is 9.84 Å². The fourth-order valence-corrected chi connectivity index (χ4v) is 5.22. The summed E-state index contributed by atoms with van der Waals surface area (Å²) in [5.41, 5.74) is 3.53. The number of benzene rings is 3. The van der Waals surface area contributed by atoms with E-state index in [1.165, 1.54) is 5.56 Å². The minimum Gasteiger partial charge on any atom is -0.457 e. The SMILES string of the molecule is N#Cc1c(-c2ccc(Oc3ccccc3)cc2)nn2c1NCC21CCN(Cc2ccccc2)CC1. The molecule has 3 heterocycles.